The van der Waals surface area contributed by atoms with Crippen molar-refractivity contribution in [3.05, 3.63) is 35.6 Å². The average Bonchev–Trinajstić information content (AvgIpc) is 2.85. The normalized spacial score (nSPS) is 16.8. The van der Waals surface area contributed by atoms with E-state index < -0.39 is 0 Å². The maximum atomic E-state index is 12.0. The molecule has 22 heavy (non-hydrogen) atoms. The van der Waals surface area contributed by atoms with Crippen LogP contribution in [0.3, 0.4) is 0 Å². The van der Waals surface area contributed by atoms with E-state index in [-0.39, 0.29) is 23.5 Å². The van der Waals surface area contributed by atoms with Crippen LogP contribution >= 0.6 is 11.8 Å². The third kappa shape index (κ3) is 3.14. The van der Waals surface area contributed by atoms with Crippen molar-refractivity contribution in [1.29, 1.82) is 0 Å². The molecule has 6 nitrogen and oxygen atoms in total. The van der Waals surface area contributed by atoms with E-state index in [4.69, 9.17) is 4.52 Å². The Morgan fingerprint density at radius 1 is 1.45 bits per heavy atom. The minimum atomic E-state index is -0.184. The topological polar surface area (TPSA) is 84.2 Å². The molecule has 2 N–H and O–H groups in total. The van der Waals surface area contributed by atoms with Crippen molar-refractivity contribution in [3.63, 3.8) is 0 Å². The lowest BCUT2D eigenvalue weighted by Gasteiger charge is -2.21. The first-order chi connectivity index (χ1) is 10.5. The van der Waals surface area contributed by atoms with Gasteiger partial charge in [0.1, 0.15) is 5.76 Å². The zero-order valence-electron chi connectivity index (χ0n) is 12.2. The predicted octanol–water partition coefficient (Wildman–Crippen LogP) is 2.60. The Hall–Kier alpha value is -2.28. The van der Waals surface area contributed by atoms with Crippen molar-refractivity contribution >= 4 is 35.1 Å². The molecule has 1 aliphatic rings. The van der Waals surface area contributed by atoms with Crippen LogP contribution in [0, 0.1) is 6.92 Å². The number of nitrogens with one attached hydrogen (secondary N) is 2. The summed E-state index contributed by atoms with van der Waals surface area (Å²) in [6.07, 6.45) is 0.204. The number of thioether (sulfide) groups is 1. The smallest absolute Gasteiger partial charge is 0.237 e. The summed E-state index contributed by atoms with van der Waals surface area (Å²) < 4.78 is 4.90. The number of hydrogen-bond donors (Lipinski definition) is 2. The van der Waals surface area contributed by atoms with Gasteiger partial charge in [0.25, 0.3) is 0 Å². The summed E-state index contributed by atoms with van der Waals surface area (Å²) in [4.78, 5) is 24.7. The second-order valence-electron chi connectivity index (χ2n) is 5.13. The van der Waals surface area contributed by atoms with Crippen LogP contribution in [0.5, 0.6) is 0 Å². The van der Waals surface area contributed by atoms with Gasteiger partial charge in [-0.1, -0.05) is 11.2 Å². The highest BCUT2D eigenvalue weighted by Crippen LogP contribution is 2.35. The zero-order valence-corrected chi connectivity index (χ0v) is 13.0. The van der Waals surface area contributed by atoms with Crippen molar-refractivity contribution in [1.82, 2.24) is 5.16 Å². The van der Waals surface area contributed by atoms with Crippen molar-refractivity contribution in [2.24, 2.45) is 0 Å². The fraction of sp³-hybridized carbons (Fsp3) is 0.267. The Balaban J connectivity index is 1.69. The lowest BCUT2D eigenvalue weighted by molar-refractivity contribution is -0.116. The standard InChI is InChI=1S/C15H15N3O3S/c1-8-5-13(18-21-8)17-14(19)7-10-3-4-12-11(6-10)16-15(20)9(2)22-12/h3-6,9H,7H2,1-2H3,(H,16,20)(H,17,18,19). The number of aryl methyl sites for hydroxylation is 1. The number of rotatable bonds is 3. The first-order valence-corrected chi connectivity index (χ1v) is 7.73. The van der Waals surface area contributed by atoms with E-state index in [1.807, 2.05) is 25.1 Å². The minimum absolute atomic E-state index is 0.0165. The van der Waals surface area contributed by atoms with E-state index in [0.717, 1.165) is 16.1 Å². The van der Waals surface area contributed by atoms with Crippen molar-refractivity contribution in [3.8, 4) is 0 Å². The number of carbonyl (C=O) groups excluding carboxylic acids is 2. The molecule has 0 saturated heterocycles. The summed E-state index contributed by atoms with van der Waals surface area (Å²) in [6.45, 7) is 3.62. The average molecular weight is 317 g/mol. The fourth-order valence-corrected chi connectivity index (χ4v) is 3.09. The number of hydrogen-bond acceptors (Lipinski definition) is 5. The number of anilines is 2. The Kier molecular flexibility index (Phi) is 3.89. The predicted molar refractivity (Wildman–Crippen MR) is 84.0 cm³/mol. The van der Waals surface area contributed by atoms with Gasteiger partial charge in [-0.25, -0.2) is 0 Å². The van der Waals surface area contributed by atoms with Crippen LogP contribution in [-0.2, 0) is 16.0 Å². The first kappa shape index (κ1) is 14.6. The number of amides is 2. The molecule has 0 saturated carbocycles. The molecule has 114 valence electrons. The maximum Gasteiger partial charge on any atom is 0.237 e. The van der Waals surface area contributed by atoms with Crippen molar-refractivity contribution < 1.29 is 14.1 Å². The van der Waals surface area contributed by atoms with Crippen molar-refractivity contribution in [2.45, 2.75) is 30.4 Å². The highest BCUT2D eigenvalue weighted by molar-refractivity contribution is 8.00. The van der Waals surface area contributed by atoms with E-state index in [2.05, 4.69) is 15.8 Å². The monoisotopic (exact) mass is 317 g/mol. The van der Waals surface area contributed by atoms with Gasteiger partial charge in [-0.3, -0.25) is 9.59 Å². The van der Waals surface area contributed by atoms with Crippen molar-refractivity contribution in [2.75, 3.05) is 10.6 Å². The van der Waals surface area contributed by atoms with Gasteiger partial charge in [0.05, 0.1) is 17.4 Å². The number of carbonyl (C=O) groups is 2. The molecule has 3 rings (SSSR count). The van der Waals surface area contributed by atoms with Crippen LogP contribution in [0.2, 0.25) is 0 Å². The molecule has 1 unspecified atom stereocenters. The Labute approximate surface area is 131 Å². The zero-order chi connectivity index (χ0) is 15.7. The molecule has 2 amide bonds. The molecule has 0 aliphatic carbocycles. The van der Waals surface area contributed by atoms with Crippen LogP contribution in [-0.4, -0.2) is 22.2 Å². The Morgan fingerprint density at radius 3 is 3.00 bits per heavy atom. The SMILES string of the molecule is Cc1cc(NC(=O)Cc2ccc3c(c2)NC(=O)C(C)S3)no1. The van der Waals surface area contributed by atoms with E-state index >= 15 is 0 Å². The maximum absolute atomic E-state index is 12.0. The number of benzene rings is 1. The molecule has 0 bridgehead atoms. The Morgan fingerprint density at radius 2 is 2.27 bits per heavy atom. The first-order valence-electron chi connectivity index (χ1n) is 6.85. The van der Waals surface area contributed by atoms with Gasteiger partial charge in [-0.2, -0.15) is 0 Å². The summed E-state index contributed by atoms with van der Waals surface area (Å²) in [7, 11) is 0. The van der Waals surface area contributed by atoms with Crippen LogP contribution in [0.15, 0.2) is 33.7 Å². The molecule has 7 heteroatoms. The lowest BCUT2D eigenvalue weighted by atomic mass is 10.1. The third-order valence-electron chi connectivity index (χ3n) is 3.23. The highest BCUT2D eigenvalue weighted by Gasteiger charge is 2.23. The van der Waals surface area contributed by atoms with E-state index in [1.54, 1.807) is 13.0 Å². The largest absolute Gasteiger partial charge is 0.360 e. The van der Waals surface area contributed by atoms with E-state index in [1.165, 1.54) is 11.8 Å². The van der Waals surface area contributed by atoms with Gasteiger partial charge in [-0.05, 0) is 31.5 Å². The van der Waals surface area contributed by atoms with Gasteiger partial charge in [-0.15, -0.1) is 11.8 Å². The van der Waals surface area contributed by atoms with Crippen LogP contribution in [0.25, 0.3) is 0 Å². The second-order valence-corrected chi connectivity index (χ2v) is 6.51. The summed E-state index contributed by atoms with van der Waals surface area (Å²) in [5.41, 5.74) is 1.59. The number of nitrogens with zero attached hydrogens (tertiary/aromatic N) is 1. The third-order valence-corrected chi connectivity index (χ3v) is 4.41. The molecule has 1 aromatic carbocycles. The molecule has 1 atom stereocenters. The second kappa shape index (κ2) is 5.84. The molecule has 1 aromatic heterocycles. The molecular weight excluding hydrogens is 302 g/mol. The van der Waals surface area contributed by atoms with E-state index in [9.17, 15) is 9.59 Å². The molecule has 1 aliphatic heterocycles. The molecule has 2 heterocycles. The van der Waals surface area contributed by atoms with Crippen LogP contribution in [0.1, 0.15) is 18.2 Å². The summed E-state index contributed by atoms with van der Waals surface area (Å²) in [6, 6.07) is 7.31. The quantitative estimate of drug-likeness (QED) is 0.909. The molecular formula is C15H15N3O3S. The number of aromatic nitrogens is 1. The minimum Gasteiger partial charge on any atom is -0.360 e. The molecule has 0 spiro atoms. The van der Waals surface area contributed by atoms with Gasteiger partial charge in [0.2, 0.25) is 11.8 Å². The summed E-state index contributed by atoms with van der Waals surface area (Å²) in [5.74, 6) is 0.838. The fourth-order valence-electron chi connectivity index (χ4n) is 2.16. The summed E-state index contributed by atoms with van der Waals surface area (Å²) >= 11 is 1.52. The molecule has 0 fully saturated rings. The van der Waals surface area contributed by atoms with E-state index in [0.29, 0.717) is 11.6 Å². The lowest BCUT2D eigenvalue weighted by Crippen LogP contribution is -2.26. The molecule has 0 radical (unpaired) electrons. The summed E-state index contributed by atoms with van der Waals surface area (Å²) in [5, 5.41) is 9.15. The van der Waals surface area contributed by atoms with Gasteiger partial charge >= 0.3 is 0 Å². The highest BCUT2D eigenvalue weighted by atomic mass is 32.2. The van der Waals surface area contributed by atoms with Crippen LogP contribution < -0.4 is 10.6 Å². The van der Waals surface area contributed by atoms with Crippen LogP contribution in [0.4, 0.5) is 11.5 Å². The molecule has 2 aromatic rings. The van der Waals surface area contributed by atoms with Gasteiger partial charge in [0.15, 0.2) is 5.82 Å². The number of fused-ring (bicyclic) bond motifs is 1. The Bertz CT molecular complexity index is 741. The van der Waals surface area contributed by atoms with Gasteiger partial charge in [0, 0.05) is 11.0 Å². The van der Waals surface area contributed by atoms with Gasteiger partial charge < -0.3 is 15.2 Å².